The van der Waals surface area contributed by atoms with E-state index in [0.717, 1.165) is 23.6 Å². The molecule has 0 saturated heterocycles. The van der Waals surface area contributed by atoms with Gasteiger partial charge in [-0.1, -0.05) is 28.8 Å². The van der Waals surface area contributed by atoms with Crippen LogP contribution >= 0.6 is 11.6 Å². The van der Waals surface area contributed by atoms with Crippen molar-refractivity contribution in [1.82, 2.24) is 15.6 Å². The van der Waals surface area contributed by atoms with E-state index >= 15 is 0 Å². The first kappa shape index (κ1) is 14.8. The summed E-state index contributed by atoms with van der Waals surface area (Å²) in [6.07, 6.45) is 0. The third-order valence-corrected chi connectivity index (χ3v) is 3.29. The third kappa shape index (κ3) is 3.49. The molecule has 0 fully saturated rings. The van der Waals surface area contributed by atoms with E-state index in [1.54, 1.807) is 0 Å². The number of hydrogen-bond donors (Lipinski definition) is 1. The number of hydrogen-bond acceptors (Lipinski definition) is 5. The summed E-state index contributed by atoms with van der Waals surface area (Å²) in [6.45, 7) is 7.17. The molecule has 2 aromatic rings. The van der Waals surface area contributed by atoms with Gasteiger partial charge in [0.15, 0.2) is 0 Å². The highest BCUT2D eigenvalue weighted by Crippen LogP contribution is 2.29. The Bertz CT molecular complexity index is 571. The van der Waals surface area contributed by atoms with Gasteiger partial charge >= 0.3 is 0 Å². The molecule has 0 amide bonds. The first-order chi connectivity index (χ1) is 9.61. The first-order valence-electron chi connectivity index (χ1n) is 6.55. The average Bonchev–Trinajstić information content (AvgIpc) is 2.83. The Kier molecular flexibility index (Phi) is 4.98. The predicted octanol–water partition coefficient (Wildman–Crippen LogP) is 3.28. The van der Waals surface area contributed by atoms with E-state index in [0.29, 0.717) is 17.3 Å². The number of aryl methyl sites for hydroxylation is 1. The molecule has 1 unspecified atom stereocenters. The lowest BCUT2D eigenvalue weighted by Gasteiger charge is -2.17. The number of nitrogens with one attached hydrogen (secondary N) is 1. The SMILES string of the molecule is CCNC(C)c1cc(Cl)ccc1OCc1nonc1C. The Morgan fingerprint density at radius 3 is 2.85 bits per heavy atom. The molecule has 6 heteroatoms. The van der Waals surface area contributed by atoms with Gasteiger partial charge in [0, 0.05) is 16.6 Å². The van der Waals surface area contributed by atoms with E-state index in [9.17, 15) is 0 Å². The van der Waals surface area contributed by atoms with Crippen molar-refractivity contribution in [3.63, 3.8) is 0 Å². The zero-order valence-corrected chi connectivity index (χ0v) is 12.6. The average molecular weight is 296 g/mol. The summed E-state index contributed by atoms with van der Waals surface area (Å²) in [7, 11) is 0. The fraction of sp³-hybridized carbons (Fsp3) is 0.429. The molecule has 2 rings (SSSR count). The standard InChI is InChI=1S/C14H18ClN3O2/c1-4-16-9(2)12-7-11(15)5-6-14(12)19-8-13-10(3)17-20-18-13/h5-7,9,16H,4,8H2,1-3H3. The maximum absolute atomic E-state index is 6.07. The summed E-state index contributed by atoms with van der Waals surface area (Å²) < 4.78 is 10.5. The molecule has 0 aliphatic rings. The monoisotopic (exact) mass is 295 g/mol. The van der Waals surface area contributed by atoms with Crippen LogP contribution in [-0.4, -0.2) is 16.9 Å². The molecule has 5 nitrogen and oxygen atoms in total. The van der Waals surface area contributed by atoms with Gasteiger partial charge in [-0.3, -0.25) is 0 Å². The van der Waals surface area contributed by atoms with Crippen LogP contribution in [0.15, 0.2) is 22.8 Å². The number of aromatic nitrogens is 2. The van der Waals surface area contributed by atoms with Crippen molar-refractivity contribution in [1.29, 1.82) is 0 Å². The van der Waals surface area contributed by atoms with Crippen molar-refractivity contribution in [2.45, 2.75) is 33.4 Å². The van der Waals surface area contributed by atoms with Crippen molar-refractivity contribution < 1.29 is 9.37 Å². The van der Waals surface area contributed by atoms with Crippen LogP contribution in [0.2, 0.25) is 5.02 Å². The van der Waals surface area contributed by atoms with E-state index < -0.39 is 0 Å². The Morgan fingerprint density at radius 1 is 1.40 bits per heavy atom. The first-order valence-corrected chi connectivity index (χ1v) is 6.93. The minimum absolute atomic E-state index is 0.158. The van der Waals surface area contributed by atoms with Crippen LogP contribution in [0.4, 0.5) is 0 Å². The van der Waals surface area contributed by atoms with Crippen LogP contribution in [0.1, 0.15) is 36.8 Å². The maximum Gasteiger partial charge on any atom is 0.145 e. The summed E-state index contributed by atoms with van der Waals surface area (Å²) in [5.74, 6) is 0.783. The van der Waals surface area contributed by atoms with Crippen molar-refractivity contribution >= 4 is 11.6 Å². The molecule has 0 bridgehead atoms. The van der Waals surface area contributed by atoms with E-state index in [1.165, 1.54) is 0 Å². The molecule has 1 aromatic heterocycles. The highest BCUT2D eigenvalue weighted by atomic mass is 35.5. The molecule has 0 aliphatic heterocycles. The molecule has 1 aromatic carbocycles. The lowest BCUT2D eigenvalue weighted by molar-refractivity contribution is 0.267. The van der Waals surface area contributed by atoms with Crippen LogP contribution in [0.25, 0.3) is 0 Å². The minimum atomic E-state index is 0.158. The van der Waals surface area contributed by atoms with E-state index in [2.05, 4.69) is 34.1 Å². The molecular formula is C14H18ClN3O2. The predicted molar refractivity (Wildman–Crippen MR) is 76.9 cm³/mol. The second-order valence-electron chi connectivity index (χ2n) is 4.55. The molecule has 1 atom stereocenters. The topological polar surface area (TPSA) is 60.2 Å². The molecule has 1 heterocycles. The molecule has 0 aliphatic carbocycles. The summed E-state index contributed by atoms with van der Waals surface area (Å²) in [5, 5.41) is 11.6. The Hall–Kier alpha value is -1.59. The van der Waals surface area contributed by atoms with Gasteiger partial charge in [0.05, 0.1) is 0 Å². The van der Waals surface area contributed by atoms with Gasteiger partial charge in [-0.2, -0.15) is 0 Å². The largest absolute Gasteiger partial charge is 0.487 e. The molecular weight excluding hydrogens is 278 g/mol. The third-order valence-electron chi connectivity index (χ3n) is 3.06. The van der Waals surface area contributed by atoms with Crippen molar-refractivity contribution in [3.8, 4) is 5.75 Å². The molecule has 0 spiro atoms. The van der Waals surface area contributed by atoms with Crippen LogP contribution in [0.5, 0.6) is 5.75 Å². The van der Waals surface area contributed by atoms with E-state index in [-0.39, 0.29) is 6.04 Å². The van der Waals surface area contributed by atoms with Gasteiger partial charge < -0.3 is 10.1 Å². The normalized spacial score (nSPS) is 12.4. The minimum Gasteiger partial charge on any atom is -0.487 e. The number of rotatable bonds is 6. The number of ether oxygens (including phenoxy) is 1. The smallest absolute Gasteiger partial charge is 0.145 e. The van der Waals surface area contributed by atoms with Crippen LogP contribution < -0.4 is 10.1 Å². The maximum atomic E-state index is 6.07. The summed E-state index contributed by atoms with van der Waals surface area (Å²) in [4.78, 5) is 0. The molecule has 1 N–H and O–H groups in total. The summed E-state index contributed by atoms with van der Waals surface area (Å²) in [6, 6.07) is 5.75. The van der Waals surface area contributed by atoms with Gasteiger partial charge in [-0.15, -0.1) is 0 Å². The Morgan fingerprint density at radius 2 is 2.20 bits per heavy atom. The molecule has 0 radical (unpaired) electrons. The van der Waals surface area contributed by atoms with Crippen molar-refractivity contribution in [2.75, 3.05) is 6.54 Å². The molecule has 108 valence electrons. The molecule has 20 heavy (non-hydrogen) atoms. The molecule has 0 saturated carbocycles. The van der Waals surface area contributed by atoms with Crippen molar-refractivity contribution in [2.24, 2.45) is 0 Å². The van der Waals surface area contributed by atoms with Gasteiger partial charge in [0.25, 0.3) is 0 Å². The second-order valence-corrected chi connectivity index (χ2v) is 4.98. The Labute approximate surface area is 123 Å². The second kappa shape index (κ2) is 6.72. The number of benzene rings is 1. The zero-order valence-electron chi connectivity index (χ0n) is 11.8. The fourth-order valence-corrected chi connectivity index (χ4v) is 2.11. The Balaban J connectivity index is 2.16. The highest BCUT2D eigenvalue weighted by molar-refractivity contribution is 6.30. The zero-order chi connectivity index (χ0) is 14.5. The number of halogens is 1. The van der Waals surface area contributed by atoms with Gasteiger partial charge in [-0.25, -0.2) is 4.63 Å². The summed E-state index contributed by atoms with van der Waals surface area (Å²) >= 11 is 6.07. The summed E-state index contributed by atoms with van der Waals surface area (Å²) in [5.41, 5.74) is 2.45. The number of nitrogens with zero attached hydrogens (tertiary/aromatic N) is 2. The van der Waals surface area contributed by atoms with Gasteiger partial charge in [0.2, 0.25) is 0 Å². The highest BCUT2D eigenvalue weighted by Gasteiger charge is 2.13. The van der Waals surface area contributed by atoms with E-state index in [1.807, 2.05) is 25.1 Å². The van der Waals surface area contributed by atoms with Crippen LogP contribution in [-0.2, 0) is 6.61 Å². The van der Waals surface area contributed by atoms with Gasteiger partial charge in [-0.05, 0) is 38.6 Å². The fourth-order valence-electron chi connectivity index (χ4n) is 1.93. The lowest BCUT2D eigenvalue weighted by Crippen LogP contribution is -2.18. The van der Waals surface area contributed by atoms with Crippen LogP contribution in [0.3, 0.4) is 0 Å². The van der Waals surface area contributed by atoms with E-state index in [4.69, 9.17) is 16.3 Å². The van der Waals surface area contributed by atoms with Crippen LogP contribution in [0, 0.1) is 6.92 Å². The lowest BCUT2D eigenvalue weighted by atomic mass is 10.1. The quantitative estimate of drug-likeness (QED) is 0.886. The van der Waals surface area contributed by atoms with Crippen molar-refractivity contribution in [3.05, 3.63) is 40.2 Å². The van der Waals surface area contributed by atoms with Gasteiger partial charge in [0.1, 0.15) is 23.7 Å².